The fourth-order valence-electron chi connectivity index (χ4n) is 1.90. The highest BCUT2D eigenvalue weighted by Crippen LogP contribution is 2.16. The predicted molar refractivity (Wildman–Crippen MR) is 69.8 cm³/mol. The van der Waals surface area contributed by atoms with Gasteiger partial charge in [0.05, 0.1) is 0 Å². The summed E-state index contributed by atoms with van der Waals surface area (Å²) in [6.45, 7) is 6.59. The van der Waals surface area contributed by atoms with Gasteiger partial charge in [-0.2, -0.15) is 0 Å². The molecule has 0 aromatic carbocycles. The molecular formula is C15H28. The molecule has 0 aromatic heterocycles. The van der Waals surface area contributed by atoms with Gasteiger partial charge in [0, 0.05) is 6.42 Å². The molecule has 0 aliphatic rings. The summed E-state index contributed by atoms with van der Waals surface area (Å²) < 4.78 is 0. The lowest BCUT2D eigenvalue weighted by molar-refractivity contribution is 0.448. The molecule has 0 heteroatoms. The third-order valence-electron chi connectivity index (χ3n) is 2.98. The first kappa shape index (κ1) is 14.6. The van der Waals surface area contributed by atoms with Crippen LogP contribution < -0.4 is 0 Å². The van der Waals surface area contributed by atoms with Crippen molar-refractivity contribution < 1.29 is 0 Å². The molecule has 88 valence electrons. The van der Waals surface area contributed by atoms with Gasteiger partial charge in [-0.1, -0.05) is 52.4 Å². The van der Waals surface area contributed by atoms with Crippen molar-refractivity contribution in [1.29, 1.82) is 0 Å². The average molecular weight is 208 g/mol. The lowest BCUT2D eigenvalue weighted by atomic mass is 9.97. The highest BCUT2D eigenvalue weighted by atomic mass is 14.1. The molecule has 0 spiro atoms. The van der Waals surface area contributed by atoms with Crippen LogP contribution in [0.1, 0.15) is 78.6 Å². The Balaban J connectivity index is 3.17. The molecule has 1 unspecified atom stereocenters. The molecule has 0 fully saturated rings. The van der Waals surface area contributed by atoms with Gasteiger partial charge in [0.15, 0.2) is 0 Å². The van der Waals surface area contributed by atoms with Crippen LogP contribution in [0.15, 0.2) is 0 Å². The first-order chi connectivity index (χ1) is 7.31. The molecule has 1 atom stereocenters. The van der Waals surface area contributed by atoms with E-state index in [-0.39, 0.29) is 0 Å². The van der Waals surface area contributed by atoms with Crippen molar-refractivity contribution in [3.8, 4) is 11.8 Å². The third-order valence-corrected chi connectivity index (χ3v) is 2.98. The second-order valence-electron chi connectivity index (χ2n) is 4.63. The topological polar surface area (TPSA) is 0 Å². The molecule has 0 radical (unpaired) electrons. The van der Waals surface area contributed by atoms with E-state index < -0.39 is 0 Å². The van der Waals surface area contributed by atoms with Gasteiger partial charge in [0.25, 0.3) is 0 Å². The molecule has 0 heterocycles. The Hall–Kier alpha value is -0.440. The maximum Gasteiger partial charge on any atom is 0.00886 e. The van der Waals surface area contributed by atoms with Crippen LogP contribution in [0.4, 0.5) is 0 Å². The Labute approximate surface area is 96.8 Å². The van der Waals surface area contributed by atoms with E-state index in [2.05, 4.69) is 25.7 Å². The van der Waals surface area contributed by atoms with E-state index in [9.17, 15) is 0 Å². The maximum atomic E-state index is 3.14. The average Bonchev–Trinajstić information content (AvgIpc) is 2.24. The van der Waals surface area contributed by atoms with E-state index >= 15 is 0 Å². The van der Waals surface area contributed by atoms with Crippen molar-refractivity contribution in [3.63, 3.8) is 0 Å². The summed E-state index contributed by atoms with van der Waals surface area (Å²) in [5, 5.41) is 0. The van der Waals surface area contributed by atoms with E-state index in [1.165, 1.54) is 51.4 Å². The van der Waals surface area contributed by atoms with Crippen molar-refractivity contribution in [3.05, 3.63) is 0 Å². The van der Waals surface area contributed by atoms with Crippen LogP contribution in [0.2, 0.25) is 0 Å². The summed E-state index contributed by atoms with van der Waals surface area (Å²) in [5.41, 5.74) is 0. The molecule has 0 amide bonds. The molecule has 0 nitrogen and oxygen atoms in total. The normalized spacial score (nSPS) is 11.9. The zero-order valence-corrected chi connectivity index (χ0v) is 10.9. The van der Waals surface area contributed by atoms with Gasteiger partial charge < -0.3 is 0 Å². The minimum Gasteiger partial charge on any atom is -0.107 e. The molecule has 0 saturated carbocycles. The van der Waals surface area contributed by atoms with Crippen LogP contribution in [-0.2, 0) is 0 Å². The van der Waals surface area contributed by atoms with Gasteiger partial charge in [0.1, 0.15) is 0 Å². The fourth-order valence-corrected chi connectivity index (χ4v) is 1.90. The quantitative estimate of drug-likeness (QED) is 0.362. The summed E-state index contributed by atoms with van der Waals surface area (Å²) in [6, 6.07) is 0. The molecule has 0 aliphatic heterocycles. The summed E-state index contributed by atoms with van der Waals surface area (Å²) >= 11 is 0. The van der Waals surface area contributed by atoms with E-state index in [1.54, 1.807) is 0 Å². The van der Waals surface area contributed by atoms with E-state index in [0.717, 1.165) is 12.3 Å². The SMILES string of the molecule is CC#CCCCC(C)CCCCCCC. The Bertz CT molecular complexity index is 170. The van der Waals surface area contributed by atoms with Gasteiger partial charge >= 0.3 is 0 Å². The zero-order valence-electron chi connectivity index (χ0n) is 10.9. The third kappa shape index (κ3) is 11.5. The lowest BCUT2D eigenvalue weighted by Gasteiger charge is -2.09. The monoisotopic (exact) mass is 208 g/mol. The van der Waals surface area contributed by atoms with Crippen LogP contribution in [0, 0.1) is 17.8 Å². The summed E-state index contributed by atoms with van der Waals surface area (Å²) in [7, 11) is 0. The Morgan fingerprint density at radius 2 is 1.60 bits per heavy atom. The number of unbranched alkanes of at least 4 members (excludes halogenated alkanes) is 5. The highest BCUT2D eigenvalue weighted by Gasteiger charge is 2.00. The Morgan fingerprint density at radius 3 is 2.27 bits per heavy atom. The molecule has 15 heavy (non-hydrogen) atoms. The molecule has 0 aromatic rings. The molecule has 0 aliphatic carbocycles. The van der Waals surface area contributed by atoms with Crippen molar-refractivity contribution in [1.82, 2.24) is 0 Å². The van der Waals surface area contributed by atoms with Gasteiger partial charge in [0.2, 0.25) is 0 Å². The van der Waals surface area contributed by atoms with Crippen molar-refractivity contribution in [2.24, 2.45) is 5.92 Å². The second kappa shape index (κ2) is 11.6. The first-order valence-electron chi connectivity index (χ1n) is 6.70. The standard InChI is InChI=1S/C15H28/c1-4-6-8-10-12-14-15(3)13-11-9-7-5-2/h15H,4,6,8-14H2,1-3H3. The minimum absolute atomic E-state index is 0.908. The van der Waals surface area contributed by atoms with Crippen molar-refractivity contribution in [2.45, 2.75) is 78.6 Å². The highest BCUT2D eigenvalue weighted by molar-refractivity contribution is 4.94. The minimum atomic E-state index is 0.908. The molecule has 0 bridgehead atoms. The molecular weight excluding hydrogens is 180 g/mol. The van der Waals surface area contributed by atoms with Crippen molar-refractivity contribution >= 4 is 0 Å². The summed E-state index contributed by atoms with van der Waals surface area (Å²) in [5.74, 6) is 7.00. The van der Waals surface area contributed by atoms with E-state index in [0.29, 0.717) is 0 Å². The first-order valence-corrected chi connectivity index (χ1v) is 6.70. The van der Waals surface area contributed by atoms with Crippen LogP contribution in [0.25, 0.3) is 0 Å². The van der Waals surface area contributed by atoms with Gasteiger partial charge in [-0.15, -0.1) is 11.8 Å². The zero-order chi connectivity index (χ0) is 11.4. The van der Waals surface area contributed by atoms with Gasteiger partial charge in [-0.25, -0.2) is 0 Å². The number of hydrogen-bond acceptors (Lipinski definition) is 0. The summed E-state index contributed by atoms with van der Waals surface area (Å²) in [6.07, 6.45) is 12.2. The smallest absolute Gasteiger partial charge is 0.00886 e. The fraction of sp³-hybridized carbons (Fsp3) is 0.867. The maximum absolute atomic E-state index is 3.14. The predicted octanol–water partition coefficient (Wildman–Crippen LogP) is 5.18. The van der Waals surface area contributed by atoms with Crippen LogP contribution >= 0.6 is 0 Å². The van der Waals surface area contributed by atoms with Crippen LogP contribution in [0.3, 0.4) is 0 Å². The van der Waals surface area contributed by atoms with Crippen molar-refractivity contribution in [2.75, 3.05) is 0 Å². The van der Waals surface area contributed by atoms with Crippen LogP contribution in [-0.4, -0.2) is 0 Å². The molecule has 0 N–H and O–H groups in total. The lowest BCUT2D eigenvalue weighted by Crippen LogP contribution is -1.94. The summed E-state index contributed by atoms with van der Waals surface area (Å²) in [4.78, 5) is 0. The Kier molecular flexibility index (Phi) is 11.3. The van der Waals surface area contributed by atoms with E-state index in [1.807, 2.05) is 6.92 Å². The van der Waals surface area contributed by atoms with Crippen LogP contribution in [0.5, 0.6) is 0 Å². The van der Waals surface area contributed by atoms with Gasteiger partial charge in [-0.05, 0) is 25.7 Å². The Morgan fingerprint density at radius 1 is 0.933 bits per heavy atom. The molecule has 0 saturated heterocycles. The van der Waals surface area contributed by atoms with Gasteiger partial charge in [-0.3, -0.25) is 0 Å². The number of hydrogen-bond donors (Lipinski definition) is 0. The van der Waals surface area contributed by atoms with E-state index in [4.69, 9.17) is 0 Å². The largest absolute Gasteiger partial charge is 0.107 e. The number of rotatable bonds is 9. The second-order valence-corrected chi connectivity index (χ2v) is 4.63. The molecule has 0 rings (SSSR count).